The highest BCUT2D eigenvalue weighted by molar-refractivity contribution is 5.60. The van der Waals surface area contributed by atoms with Gasteiger partial charge in [-0.2, -0.15) is 0 Å². The fourth-order valence-corrected chi connectivity index (χ4v) is 3.97. The van der Waals surface area contributed by atoms with Crippen LogP contribution in [0.25, 0.3) is 0 Å². The third-order valence-corrected chi connectivity index (χ3v) is 4.93. The van der Waals surface area contributed by atoms with Crippen LogP contribution in [0.3, 0.4) is 0 Å². The largest absolute Gasteiger partial charge is 0.493 e. The second-order valence-electron chi connectivity index (χ2n) is 5.97. The van der Waals surface area contributed by atoms with Crippen molar-refractivity contribution in [2.24, 2.45) is 0 Å². The van der Waals surface area contributed by atoms with Gasteiger partial charge in [-0.15, -0.1) is 0 Å². The molecule has 4 rings (SSSR count). The Morgan fingerprint density at radius 1 is 1.45 bits per heavy atom. The first kappa shape index (κ1) is 12.2. The van der Waals surface area contributed by atoms with E-state index in [0.717, 1.165) is 31.0 Å². The zero-order chi connectivity index (χ0) is 13.7. The normalized spacial score (nSPS) is 33.9. The minimum atomic E-state index is -0.401. The molecule has 1 aromatic rings. The molecule has 0 bridgehead atoms. The van der Waals surface area contributed by atoms with Gasteiger partial charge in [-0.05, 0) is 12.1 Å². The fourth-order valence-electron chi connectivity index (χ4n) is 3.97. The molecule has 1 spiro atoms. The number of benzene rings is 1. The molecule has 3 N–H and O–H groups in total. The first-order valence-electron chi connectivity index (χ1n) is 7.31. The molecular formula is C16H20NO3+. The average Bonchev–Trinajstić information content (AvgIpc) is 2.66. The number of hydrogen-bond donors (Lipinski definition) is 2. The van der Waals surface area contributed by atoms with Crippen molar-refractivity contribution in [2.45, 2.75) is 37.0 Å². The number of rotatable bonds is 1. The third kappa shape index (κ3) is 1.49. The summed E-state index contributed by atoms with van der Waals surface area (Å²) in [6.45, 7) is 2.07. The maximum atomic E-state index is 9.92. The molecule has 3 aliphatic rings. The van der Waals surface area contributed by atoms with E-state index in [0.29, 0.717) is 6.42 Å². The Labute approximate surface area is 118 Å². The van der Waals surface area contributed by atoms with E-state index in [4.69, 9.17) is 9.47 Å². The zero-order valence-electron chi connectivity index (χ0n) is 11.6. The number of methoxy groups -OCH3 is 1. The van der Waals surface area contributed by atoms with Crippen LogP contribution < -0.4 is 14.8 Å². The average molecular weight is 274 g/mol. The van der Waals surface area contributed by atoms with E-state index < -0.39 is 6.10 Å². The Balaban J connectivity index is 1.96. The van der Waals surface area contributed by atoms with Crippen LogP contribution in [-0.4, -0.2) is 31.0 Å². The van der Waals surface area contributed by atoms with Crippen molar-refractivity contribution < 1.29 is 19.9 Å². The number of hydrogen-bond acceptors (Lipinski definition) is 3. The molecule has 0 aromatic heterocycles. The van der Waals surface area contributed by atoms with Crippen LogP contribution >= 0.6 is 0 Å². The highest BCUT2D eigenvalue weighted by Crippen LogP contribution is 2.54. The van der Waals surface area contributed by atoms with Crippen molar-refractivity contribution in [1.82, 2.24) is 0 Å². The van der Waals surface area contributed by atoms with Gasteiger partial charge in [0.1, 0.15) is 12.6 Å². The maximum absolute atomic E-state index is 9.92. The van der Waals surface area contributed by atoms with Crippen molar-refractivity contribution in [1.29, 1.82) is 0 Å². The van der Waals surface area contributed by atoms with E-state index >= 15 is 0 Å². The van der Waals surface area contributed by atoms with Gasteiger partial charge in [0.05, 0.1) is 25.2 Å². The predicted molar refractivity (Wildman–Crippen MR) is 74.0 cm³/mol. The third-order valence-electron chi connectivity index (χ3n) is 4.93. The standard InChI is InChI=1S/C16H19NO3/c1-19-12-3-2-10-9-17-7-6-16-5-4-11(18)8-13(16)20-15(12)14(10)16/h2-5,11,13,17-18H,6-9H2,1H3/p+1/t11-,13-,16-/m0/s1. The molecular weight excluding hydrogens is 254 g/mol. The molecule has 0 amide bonds. The first-order valence-corrected chi connectivity index (χ1v) is 7.31. The first-order chi connectivity index (χ1) is 9.74. The Morgan fingerprint density at radius 2 is 2.35 bits per heavy atom. The van der Waals surface area contributed by atoms with Gasteiger partial charge in [0.2, 0.25) is 0 Å². The summed E-state index contributed by atoms with van der Waals surface area (Å²) in [5.74, 6) is 1.70. The summed E-state index contributed by atoms with van der Waals surface area (Å²) >= 11 is 0. The Morgan fingerprint density at radius 3 is 3.20 bits per heavy atom. The van der Waals surface area contributed by atoms with E-state index in [2.05, 4.69) is 17.5 Å². The molecule has 4 heteroatoms. The monoisotopic (exact) mass is 274 g/mol. The molecule has 20 heavy (non-hydrogen) atoms. The van der Waals surface area contributed by atoms with Gasteiger partial charge in [-0.3, -0.25) is 0 Å². The molecule has 0 saturated heterocycles. The van der Waals surface area contributed by atoms with Crippen LogP contribution in [0.4, 0.5) is 0 Å². The van der Waals surface area contributed by atoms with Crippen LogP contribution in [-0.2, 0) is 12.0 Å². The zero-order valence-corrected chi connectivity index (χ0v) is 11.6. The number of quaternary nitrogens is 1. The molecule has 1 aliphatic carbocycles. The lowest BCUT2D eigenvalue weighted by atomic mass is 9.69. The molecule has 0 fully saturated rings. The van der Waals surface area contributed by atoms with Crippen molar-refractivity contribution in [2.75, 3.05) is 13.7 Å². The molecule has 4 nitrogen and oxygen atoms in total. The lowest BCUT2D eigenvalue weighted by Gasteiger charge is -2.34. The second-order valence-corrected chi connectivity index (χ2v) is 5.97. The summed E-state index contributed by atoms with van der Waals surface area (Å²) in [5.41, 5.74) is 2.55. The SMILES string of the molecule is COc1ccc2c3c1O[C@H]1C[C@@H](O)C=C[C@@]31CC[NH2+]C2. The van der Waals surface area contributed by atoms with Crippen molar-refractivity contribution >= 4 is 0 Å². The predicted octanol–water partition coefficient (Wildman–Crippen LogP) is 0.482. The molecule has 0 radical (unpaired) electrons. The molecule has 3 atom stereocenters. The topological polar surface area (TPSA) is 55.3 Å². The molecule has 1 aromatic carbocycles. The van der Waals surface area contributed by atoms with E-state index in [9.17, 15) is 5.11 Å². The quantitative estimate of drug-likeness (QED) is 0.733. The molecule has 0 saturated carbocycles. The minimum absolute atomic E-state index is 0.0269. The van der Waals surface area contributed by atoms with Crippen LogP contribution in [0, 0.1) is 0 Å². The van der Waals surface area contributed by atoms with Gasteiger partial charge < -0.3 is 19.9 Å². The summed E-state index contributed by atoms with van der Waals surface area (Å²) in [4.78, 5) is 0. The van der Waals surface area contributed by atoms with Gasteiger partial charge in [0.15, 0.2) is 11.5 Å². The van der Waals surface area contributed by atoms with Gasteiger partial charge >= 0.3 is 0 Å². The molecule has 2 heterocycles. The minimum Gasteiger partial charge on any atom is -0.493 e. The number of aliphatic hydroxyl groups excluding tert-OH is 1. The summed E-state index contributed by atoms with van der Waals surface area (Å²) in [6, 6.07) is 4.16. The van der Waals surface area contributed by atoms with Gasteiger partial charge in [0.25, 0.3) is 0 Å². The van der Waals surface area contributed by atoms with Crippen molar-refractivity contribution in [3.05, 3.63) is 35.4 Å². The van der Waals surface area contributed by atoms with Crippen LogP contribution in [0.15, 0.2) is 24.3 Å². The van der Waals surface area contributed by atoms with Gasteiger partial charge in [-0.1, -0.05) is 12.2 Å². The number of aliphatic hydroxyl groups is 1. The summed E-state index contributed by atoms with van der Waals surface area (Å²) in [7, 11) is 1.68. The van der Waals surface area contributed by atoms with E-state index in [1.165, 1.54) is 11.1 Å². The fraction of sp³-hybridized carbons (Fsp3) is 0.500. The van der Waals surface area contributed by atoms with Crippen LogP contribution in [0.2, 0.25) is 0 Å². The highest BCUT2D eigenvalue weighted by atomic mass is 16.5. The Kier molecular flexibility index (Phi) is 2.59. The van der Waals surface area contributed by atoms with Crippen LogP contribution in [0.5, 0.6) is 11.5 Å². The van der Waals surface area contributed by atoms with E-state index in [1.54, 1.807) is 7.11 Å². The maximum Gasteiger partial charge on any atom is 0.166 e. The van der Waals surface area contributed by atoms with Crippen molar-refractivity contribution in [3.63, 3.8) is 0 Å². The van der Waals surface area contributed by atoms with Gasteiger partial charge in [-0.25, -0.2) is 0 Å². The molecule has 106 valence electrons. The molecule has 2 aliphatic heterocycles. The Bertz CT molecular complexity index is 583. The molecule has 0 unspecified atom stereocenters. The number of ether oxygens (including phenoxy) is 2. The summed E-state index contributed by atoms with van der Waals surface area (Å²) < 4.78 is 11.7. The van der Waals surface area contributed by atoms with Crippen LogP contribution in [0.1, 0.15) is 24.0 Å². The number of nitrogens with two attached hydrogens (primary N) is 1. The Hall–Kier alpha value is -1.52. The van der Waals surface area contributed by atoms with E-state index in [-0.39, 0.29) is 11.5 Å². The second kappa shape index (κ2) is 4.24. The lowest BCUT2D eigenvalue weighted by molar-refractivity contribution is -0.670. The smallest absolute Gasteiger partial charge is 0.166 e. The lowest BCUT2D eigenvalue weighted by Crippen LogP contribution is -2.82. The summed E-state index contributed by atoms with van der Waals surface area (Å²) in [6.07, 6.45) is 5.45. The summed E-state index contributed by atoms with van der Waals surface area (Å²) in [5, 5.41) is 12.3. The highest BCUT2D eigenvalue weighted by Gasteiger charge is 2.52. The van der Waals surface area contributed by atoms with E-state index in [1.807, 2.05) is 12.1 Å². The van der Waals surface area contributed by atoms with Crippen molar-refractivity contribution in [3.8, 4) is 11.5 Å². The van der Waals surface area contributed by atoms with Gasteiger partial charge in [0, 0.05) is 24.0 Å².